The standard InChI is InChI=1S/C33H35F2N5O6/c1-32(2,3)46-28(42)15-16-33(31(43)37-20-22-19-23(34)11-14-26(22)35)29(25-7-4-5-8-27(25)39-40-36)45-30(38-33)21-9-12-24(13-10-21)44-18-6-17-41/h4-5,7-14,19,29,41H,6,15-18,20H2,1-3H3,(H,37,43)/t29-,33-/m1/s1. The van der Waals surface area contributed by atoms with Crippen molar-refractivity contribution >= 4 is 23.5 Å². The van der Waals surface area contributed by atoms with Crippen LogP contribution in [0.1, 0.15) is 62.8 Å². The van der Waals surface area contributed by atoms with Gasteiger partial charge in [-0.25, -0.2) is 13.8 Å². The lowest BCUT2D eigenvalue weighted by atomic mass is 9.82. The zero-order valence-corrected chi connectivity index (χ0v) is 25.7. The van der Waals surface area contributed by atoms with Gasteiger partial charge in [-0.1, -0.05) is 29.4 Å². The highest BCUT2D eigenvalue weighted by Gasteiger charge is 2.54. The molecule has 13 heteroatoms. The summed E-state index contributed by atoms with van der Waals surface area (Å²) in [5.41, 5.74) is 7.49. The van der Waals surface area contributed by atoms with Gasteiger partial charge in [-0.2, -0.15) is 0 Å². The third kappa shape index (κ3) is 8.38. The van der Waals surface area contributed by atoms with Crippen LogP contribution in [0.3, 0.4) is 0 Å². The molecule has 0 aromatic heterocycles. The molecule has 2 atom stereocenters. The molecule has 0 radical (unpaired) electrons. The van der Waals surface area contributed by atoms with Crippen LogP contribution in [0.5, 0.6) is 5.75 Å². The molecule has 11 nitrogen and oxygen atoms in total. The first-order chi connectivity index (χ1) is 22.0. The van der Waals surface area contributed by atoms with Crippen molar-refractivity contribution in [1.29, 1.82) is 0 Å². The molecule has 4 rings (SSSR count). The number of benzene rings is 3. The SMILES string of the molecule is CC(C)(C)OC(=O)CC[C@@]1(C(=O)NCc2cc(F)ccc2F)N=C(c2ccc(OCCCO)cc2)O[C@@H]1c1ccccc1N=[N+]=[N-]. The number of ether oxygens (including phenoxy) is 3. The number of nitrogens with one attached hydrogen (secondary N) is 1. The highest BCUT2D eigenvalue weighted by Crippen LogP contribution is 2.46. The normalized spacial score (nSPS) is 17.3. The van der Waals surface area contributed by atoms with E-state index >= 15 is 0 Å². The number of hydrogen-bond donors (Lipinski definition) is 2. The predicted molar refractivity (Wildman–Crippen MR) is 165 cm³/mol. The molecule has 242 valence electrons. The van der Waals surface area contributed by atoms with Crippen LogP contribution in [0.2, 0.25) is 0 Å². The number of rotatable bonds is 13. The highest BCUT2D eigenvalue weighted by atomic mass is 19.1. The summed E-state index contributed by atoms with van der Waals surface area (Å²) in [7, 11) is 0. The van der Waals surface area contributed by atoms with Crippen molar-refractivity contribution < 1.29 is 37.7 Å². The average molecular weight is 636 g/mol. The molecule has 1 aliphatic heterocycles. The Morgan fingerprint density at radius 1 is 1.13 bits per heavy atom. The van der Waals surface area contributed by atoms with Crippen LogP contribution in [-0.4, -0.2) is 47.2 Å². The quantitative estimate of drug-likeness (QED) is 0.0732. The van der Waals surface area contributed by atoms with Gasteiger partial charge in [-0.3, -0.25) is 9.59 Å². The van der Waals surface area contributed by atoms with Gasteiger partial charge in [-0.05, 0) is 75.2 Å². The first-order valence-electron chi connectivity index (χ1n) is 14.6. The average Bonchev–Trinajstić information content (AvgIpc) is 3.41. The van der Waals surface area contributed by atoms with Gasteiger partial charge in [-0.15, -0.1) is 0 Å². The first kappa shape index (κ1) is 33.9. The molecule has 0 saturated carbocycles. The van der Waals surface area contributed by atoms with E-state index in [-0.39, 0.29) is 43.1 Å². The third-order valence-electron chi connectivity index (χ3n) is 6.98. The Morgan fingerprint density at radius 3 is 2.57 bits per heavy atom. The molecular weight excluding hydrogens is 600 g/mol. The van der Waals surface area contributed by atoms with Crippen molar-refractivity contribution in [3.05, 3.63) is 105 Å². The van der Waals surface area contributed by atoms with Gasteiger partial charge in [0, 0.05) is 53.3 Å². The van der Waals surface area contributed by atoms with E-state index in [1.54, 1.807) is 69.3 Å². The van der Waals surface area contributed by atoms with Gasteiger partial charge in [0.2, 0.25) is 5.90 Å². The summed E-state index contributed by atoms with van der Waals surface area (Å²) in [5, 5.41) is 15.5. The Kier molecular flexibility index (Phi) is 10.9. The minimum Gasteiger partial charge on any atom is -0.494 e. The molecule has 2 N–H and O–H groups in total. The molecule has 1 heterocycles. The largest absolute Gasteiger partial charge is 0.494 e. The molecule has 46 heavy (non-hydrogen) atoms. The van der Waals surface area contributed by atoms with Crippen molar-refractivity contribution in [3.8, 4) is 5.75 Å². The Morgan fingerprint density at radius 2 is 1.87 bits per heavy atom. The van der Waals surface area contributed by atoms with E-state index in [0.717, 1.165) is 18.2 Å². The second-order valence-corrected chi connectivity index (χ2v) is 11.5. The monoisotopic (exact) mass is 635 g/mol. The van der Waals surface area contributed by atoms with Crippen LogP contribution < -0.4 is 10.1 Å². The van der Waals surface area contributed by atoms with E-state index in [4.69, 9.17) is 24.3 Å². The summed E-state index contributed by atoms with van der Waals surface area (Å²) in [5.74, 6) is -2.14. The van der Waals surface area contributed by atoms with E-state index < -0.39 is 40.8 Å². The van der Waals surface area contributed by atoms with Crippen molar-refractivity contribution in [2.75, 3.05) is 13.2 Å². The molecule has 0 unspecified atom stereocenters. The number of amides is 1. The Labute approximate surface area is 264 Å². The Bertz CT molecular complexity index is 1640. The number of halogens is 2. The van der Waals surface area contributed by atoms with E-state index in [1.807, 2.05) is 0 Å². The van der Waals surface area contributed by atoms with E-state index in [1.165, 1.54) is 0 Å². The zero-order valence-electron chi connectivity index (χ0n) is 25.7. The molecule has 0 aliphatic carbocycles. The molecule has 0 bridgehead atoms. The van der Waals surface area contributed by atoms with Crippen LogP contribution in [0.25, 0.3) is 10.4 Å². The van der Waals surface area contributed by atoms with E-state index in [2.05, 4.69) is 15.3 Å². The highest BCUT2D eigenvalue weighted by molar-refractivity contribution is 6.01. The van der Waals surface area contributed by atoms with Crippen molar-refractivity contribution in [1.82, 2.24) is 5.32 Å². The number of carbonyl (C=O) groups is 2. The molecule has 3 aromatic rings. The maximum atomic E-state index is 14.5. The number of esters is 1. The minimum atomic E-state index is -1.84. The predicted octanol–water partition coefficient (Wildman–Crippen LogP) is 6.36. The molecule has 1 amide bonds. The van der Waals surface area contributed by atoms with Gasteiger partial charge in [0.15, 0.2) is 11.6 Å². The van der Waals surface area contributed by atoms with Gasteiger partial charge >= 0.3 is 5.97 Å². The van der Waals surface area contributed by atoms with Gasteiger partial charge < -0.3 is 24.6 Å². The number of hydrogen-bond acceptors (Lipinski definition) is 8. The molecule has 0 fully saturated rings. The van der Waals surface area contributed by atoms with Gasteiger partial charge in [0.05, 0.1) is 6.61 Å². The van der Waals surface area contributed by atoms with Crippen LogP contribution in [0.15, 0.2) is 76.8 Å². The summed E-state index contributed by atoms with van der Waals surface area (Å²) < 4.78 is 45.9. The van der Waals surface area contributed by atoms with Crippen LogP contribution in [0, 0.1) is 11.6 Å². The molecule has 3 aromatic carbocycles. The van der Waals surface area contributed by atoms with Gasteiger partial charge in [0.25, 0.3) is 5.91 Å². The Hall–Kier alpha value is -5.00. The van der Waals surface area contributed by atoms with Crippen molar-refractivity contribution in [2.24, 2.45) is 10.1 Å². The molecule has 1 aliphatic rings. The fraction of sp³-hybridized carbons (Fsp3) is 0.364. The number of nitrogens with zero attached hydrogens (tertiary/aromatic N) is 4. The minimum absolute atomic E-state index is 0.0132. The second-order valence-electron chi connectivity index (χ2n) is 11.5. The number of azide groups is 1. The lowest BCUT2D eigenvalue weighted by Crippen LogP contribution is -2.48. The second kappa shape index (κ2) is 14.9. The number of aliphatic hydroxyl groups excluding tert-OH is 1. The zero-order chi connectivity index (χ0) is 33.3. The van der Waals surface area contributed by atoms with E-state index in [0.29, 0.717) is 29.9 Å². The van der Waals surface area contributed by atoms with Crippen LogP contribution >= 0.6 is 0 Å². The molecular formula is C33H35F2N5O6. The van der Waals surface area contributed by atoms with Gasteiger partial charge in [0.1, 0.15) is 23.0 Å². The third-order valence-corrected chi connectivity index (χ3v) is 6.98. The van der Waals surface area contributed by atoms with Crippen LogP contribution in [0.4, 0.5) is 14.5 Å². The lowest BCUT2D eigenvalue weighted by molar-refractivity contribution is -0.155. The summed E-state index contributed by atoms with van der Waals surface area (Å²) in [6.07, 6.45) is -1.21. The first-order valence-corrected chi connectivity index (χ1v) is 14.6. The fourth-order valence-electron chi connectivity index (χ4n) is 4.89. The smallest absolute Gasteiger partial charge is 0.306 e. The number of carbonyl (C=O) groups excluding carboxylic acids is 2. The summed E-state index contributed by atoms with van der Waals surface area (Å²) in [6.45, 7) is 5.06. The maximum Gasteiger partial charge on any atom is 0.306 e. The number of aliphatic hydroxyl groups is 1. The van der Waals surface area contributed by atoms with E-state index in [9.17, 15) is 23.9 Å². The van der Waals surface area contributed by atoms with Crippen molar-refractivity contribution in [2.45, 2.75) is 63.8 Å². The molecule has 0 saturated heterocycles. The topological polar surface area (TPSA) is 155 Å². The lowest BCUT2D eigenvalue weighted by Gasteiger charge is -2.31. The molecule has 0 spiro atoms. The number of aliphatic imine (C=N–C) groups is 1. The van der Waals surface area contributed by atoms with Crippen LogP contribution in [-0.2, 0) is 25.6 Å². The fourth-order valence-corrected chi connectivity index (χ4v) is 4.89. The van der Waals surface area contributed by atoms with Crippen molar-refractivity contribution in [3.63, 3.8) is 0 Å². The summed E-state index contributed by atoms with van der Waals surface area (Å²) in [6, 6.07) is 16.1. The maximum absolute atomic E-state index is 14.5. The summed E-state index contributed by atoms with van der Waals surface area (Å²) in [4.78, 5) is 34.9. The Balaban J connectivity index is 1.79. The summed E-state index contributed by atoms with van der Waals surface area (Å²) >= 11 is 0.